The molecule has 5 atom stereocenters. The van der Waals surface area contributed by atoms with Crippen molar-refractivity contribution in [2.45, 2.75) is 57.8 Å². The monoisotopic (exact) mass is 228 g/mol. The Morgan fingerprint density at radius 2 is 1.81 bits per heavy atom. The topological polar surface area (TPSA) is 0 Å². The minimum absolute atomic E-state index is 0.113. The van der Waals surface area contributed by atoms with Gasteiger partial charge in [-0.05, 0) is 63.4 Å². The molecule has 2 aliphatic rings. The Hall–Kier alpha value is -0.400. The van der Waals surface area contributed by atoms with Gasteiger partial charge in [0.2, 0.25) is 0 Å². The number of hydrogen-bond donors (Lipinski definition) is 0. The molecule has 0 saturated heterocycles. The average molecular weight is 228 g/mol. The lowest BCUT2D eigenvalue weighted by Crippen LogP contribution is -2.50. The van der Waals surface area contributed by atoms with Crippen molar-refractivity contribution in [1.82, 2.24) is 0 Å². The summed E-state index contributed by atoms with van der Waals surface area (Å²) in [7, 11) is 0. The lowest BCUT2D eigenvalue weighted by atomic mass is 9.69. The second-order valence-corrected chi connectivity index (χ2v) is 6.14. The Morgan fingerprint density at radius 3 is 2.19 bits per heavy atom. The zero-order chi connectivity index (χ0) is 12.1. The quantitative estimate of drug-likeness (QED) is 0.626. The molecule has 5 unspecified atom stereocenters. The number of fused-ring (bicyclic) bond motifs is 2. The molecule has 92 valence electrons. The molecule has 2 aliphatic carbocycles. The van der Waals surface area contributed by atoms with Gasteiger partial charge in [0, 0.05) is 0 Å². The fourth-order valence-electron chi connectivity index (χ4n) is 3.67. The summed E-state index contributed by atoms with van der Waals surface area (Å²) < 4.78 is 29.3. The molecule has 2 heteroatoms. The van der Waals surface area contributed by atoms with Crippen LogP contribution in [0.2, 0.25) is 0 Å². The molecule has 16 heavy (non-hydrogen) atoms. The Kier molecular flexibility index (Phi) is 2.67. The second-order valence-electron chi connectivity index (χ2n) is 6.14. The van der Waals surface area contributed by atoms with Gasteiger partial charge in [-0.25, -0.2) is 8.78 Å². The highest BCUT2D eigenvalue weighted by Gasteiger charge is 2.57. The summed E-state index contributed by atoms with van der Waals surface area (Å²) in [6.07, 6.45) is 4.27. The van der Waals surface area contributed by atoms with Crippen molar-refractivity contribution in [2.75, 3.05) is 0 Å². The maximum Gasteiger partial charge on any atom is 0.162 e. The van der Waals surface area contributed by atoms with E-state index in [1.54, 1.807) is 6.92 Å². The zero-order valence-electron chi connectivity index (χ0n) is 10.5. The van der Waals surface area contributed by atoms with E-state index in [-0.39, 0.29) is 5.92 Å². The summed E-state index contributed by atoms with van der Waals surface area (Å²) in [5.74, 6) is 0.929. The Labute approximate surface area is 97.1 Å². The first-order valence-electron chi connectivity index (χ1n) is 6.30. The minimum atomic E-state index is -1.90. The lowest BCUT2D eigenvalue weighted by molar-refractivity contribution is -0.0522. The van der Waals surface area contributed by atoms with E-state index in [2.05, 4.69) is 6.58 Å². The Bertz CT molecular complexity index is 304. The maximum absolute atomic E-state index is 14.8. The van der Waals surface area contributed by atoms with Gasteiger partial charge < -0.3 is 0 Å². The molecule has 0 amide bonds. The third kappa shape index (κ3) is 1.53. The molecule has 0 spiro atoms. The van der Waals surface area contributed by atoms with E-state index < -0.39 is 11.3 Å². The molecule has 0 aromatic carbocycles. The molecule has 0 heterocycles. The highest BCUT2D eigenvalue weighted by atomic mass is 19.2. The third-order valence-corrected chi connectivity index (χ3v) is 5.15. The molecule has 2 bridgehead atoms. The fourth-order valence-corrected chi connectivity index (χ4v) is 3.67. The molecule has 0 aromatic heterocycles. The van der Waals surface area contributed by atoms with E-state index in [1.807, 2.05) is 0 Å². The lowest BCUT2D eigenvalue weighted by Gasteiger charge is -2.42. The summed E-state index contributed by atoms with van der Waals surface area (Å²) in [4.78, 5) is 0. The number of allylic oxidation sites excluding steroid dienone is 1. The summed E-state index contributed by atoms with van der Waals surface area (Å²) >= 11 is 0. The van der Waals surface area contributed by atoms with Crippen molar-refractivity contribution in [3.05, 3.63) is 12.2 Å². The van der Waals surface area contributed by atoms with Gasteiger partial charge in [0.15, 0.2) is 5.67 Å². The van der Waals surface area contributed by atoms with Crippen LogP contribution in [0.15, 0.2) is 12.2 Å². The molecule has 0 nitrogen and oxygen atoms in total. The molecule has 0 aromatic rings. The molecule has 0 radical (unpaired) electrons. The van der Waals surface area contributed by atoms with Crippen LogP contribution in [-0.2, 0) is 0 Å². The summed E-state index contributed by atoms with van der Waals surface area (Å²) in [6.45, 7) is 7.99. The normalized spacial score (nSPS) is 40.4. The van der Waals surface area contributed by atoms with Crippen LogP contribution in [0.5, 0.6) is 0 Å². The van der Waals surface area contributed by atoms with Crippen LogP contribution in [0.4, 0.5) is 8.78 Å². The van der Waals surface area contributed by atoms with Crippen molar-refractivity contribution in [2.24, 2.45) is 17.8 Å². The number of alkyl halides is 2. The van der Waals surface area contributed by atoms with Gasteiger partial charge in [0.1, 0.15) is 5.67 Å². The first-order chi connectivity index (χ1) is 7.26. The van der Waals surface area contributed by atoms with E-state index in [4.69, 9.17) is 0 Å². The van der Waals surface area contributed by atoms with Gasteiger partial charge in [-0.2, -0.15) is 0 Å². The van der Waals surface area contributed by atoms with Gasteiger partial charge in [-0.3, -0.25) is 0 Å². The largest absolute Gasteiger partial charge is 0.240 e. The molecule has 0 N–H and O–H groups in total. The molecule has 2 saturated carbocycles. The fraction of sp³-hybridized carbons (Fsp3) is 0.857. The van der Waals surface area contributed by atoms with E-state index in [0.29, 0.717) is 17.4 Å². The SMILES string of the molecule is C=C(C)C(C)(F)C(C)(F)C1CC2CCC1C2. The van der Waals surface area contributed by atoms with Crippen molar-refractivity contribution < 1.29 is 8.78 Å². The molecular formula is C14H22F2. The number of rotatable bonds is 3. The molecule has 2 fully saturated rings. The van der Waals surface area contributed by atoms with Crippen LogP contribution < -0.4 is 0 Å². The van der Waals surface area contributed by atoms with Gasteiger partial charge in [-0.1, -0.05) is 13.0 Å². The highest BCUT2D eigenvalue weighted by molar-refractivity contribution is 5.19. The first-order valence-corrected chi connectivity index (χ1v) is 6.30. The van der Waals surface area contributed by atoms with E-state index in [1.165, 1.54) is 20.3 Å². The van der Waals surface area contributed by atoms with Crippen molar-refractivity contribution in [3.63, 3.8) is 0 Å². The second kappa shape index (κ2) is 3.54. The average Bonchev–Trinajstić information content (AvgIpc) is 2.77. The third-order valence-electron chi connectivity index (χ3n) is 5.15. The van der Waals surface area contributed by atoms with E-state index in [9.17, 15) is 8.78 Å². The number of halogens is 2. The summed E-state index contributed by atoms with van der Waals surface area (Å²) in [5, 5.41) is 0. The van der Waals surface area contributed by atoms with Crippen molar-refractivity contribution >= 4 is 0 Å². The van der Waals surface area contributed by atoms with Gasteiger partial charge in [-0.15, -0.1) is 0 Å². The predicted octanol–water partition coefficient (Wildman–Crippen LogP) is 4.46. The van der Waals surface area contributed by atoms with Gasteiger partial charge in [0.25, 0.3) is 0 Å². The first kappa shape index (κ1) is 12.1. The van der Waals surface area contributed by atoms with Gasteiger partial charge >= 0.3 is 0 Å². The van der Waals surface area contributed by atoms with Crippen LogP contribution in [0.25, 0.3) is 0 Å². The van der Waals surface area contributed by atoms with Crippen LogP contribution in [-0.4, -0.2) is 11.3 Å². The van der Waals surface area contributed by atoms with E-state index >= 15 is 0 Å². The molecular weight excluding hydrogens is 206 g/mol. The standard InChI is InChI=1S/C14H22F2/c1-9(2)13(3,15)14(4,16)12-8-10-5-6-11(12)7-10/h10-12H,1,5-8H2,2-4H3. The van der Waals surface area contributed by atoms with Crippen LogP contribution in [0, 0.1) is 17.8 Å². The van der Waals surface area contributed by atoms with E-state index in [0.717, 1.165) is 19.3 Å². The smallest absolute Gasteiger partial charge is 0.162 e. The van der Waals surface area contributed by atoms with Crippen LogP contribution >= 0.6 is 0 Å². The van der Waals surface area contributed by atoms with Crippen molar-refractivity contribution in [3.8, 4) is 0 Å². The van der Waals surface area contributed by atoms with Crippen LogP contribution in [0.1, 0.15) is 46.5 Å². The summed E-state index contributed by atoms with van der Waals surface area (Å²) in [5.41, 5.74) is -3.36. The molecule has 0 aliphatic heterocycles. The van der Waals surface area contributed by atoms with Gasteiger partial charge in [0.05, 0.1) is 0 Å². The minimum Gasteiger partial charge on any atom is -0.240 e. The maximum atomic E-state index is 14.8. The predicted molar refractivity (Wildman–Crippen MR) is 62.8 cm³/mol. The zero-order valence-corrected chi connectivity index (χ0v) is 10.5. The Morgan fingerprint density at radius 1 is 1.19 bits per heavy atom. The number of hydrogen-bond acceptors (Lipinski definition) is 0. The highest BCUT2D eigenvalue weighted by Crippen LogP contribution is 2.57. The van der Waals surface area contributed by atoms with Crippen molar-refractivity contribution in [1.29, 1.82) is 0 Å². The Balaban J connectivity index is 2.22. The summed E-state index contributed by atoms with van der Waals surface area (Å²) in [6, 6.07) is 0. The molecule has 2 rings (SSSR count). The van der Waals surface area contributed by atoms with Crippen LogP contribution in [0.3, 0.4) is 0 Å².